The third kappa shape index (κ3) is 4.91. The lowest BCUT2D eigenvalue weighted by Crippen LogP contribution is -2.08. The van der Waals surface area contributed by atoms with Crippen LogP contribution in [0.1, 0.15) is 21.6 Å². The molecule has 2 heterocycles. The molecule has 178 valence electrons. The molecule has 6 nitrogen and oxygen atoms in total. The van der Waals surface area contributed by atoms with Crippen molar-refractivity contribution in [1.82, 2.24) is 4.57 Å². The van der Waals surface area contributed by atoms with Gasteiger partial charge in [-0.1, -0.05) is 53.0 Å². The van der Waals surface area contributed by atoms with Crippen molar-refractivity contribution in [2.45, 2.75) is 13.1 Å². The van der Waals surface area contributed by atoms with E-state index in [2.05, 4.69) is 5.32 Å². The minimum Gasteiger partial charge on any atom is -0.477 e. The van der Waals surface area contributed by atoms with Crippen LogP contribution in [0.3, 0.4) is 0 Å². The molecule has 4 aromatic rings. The number of aromatic carboxylic acids is 1. The Hall–Kier alpha value is -3.32. The maximum absolute atomic E-state index is 11.9. The van der Waals surface area contributed by atoms with E-state index >= 15 is 0 Å². The number of carboxylic acids is 1. The number of nitrogens with zero attached hydrogens (tertiary/aromatic N) is 1. The monoisotopic (exact) mass is 528 g/mol. The third-order valence-corrected chi connectivity index (χ3v) is 6.81. The predicted molar refractivity (Wildman–Crippen MR) is 137 cm³/mol. The van der Waals surface area contributed by atoms with E-state index in [1.165, 1.54) is 0 Å². The molecule has 5 rings (SSSR count). The first-order valence-electron chi connectivity index (χ1n) is 10.7. The number of hydrogen-bond donors (Lipinski definition) is 2. The SMILES string of the molecule is O=C(O)c1cc(-c2ccc(NCc3c(Cl)cccc3Cl)cc2)cn1Cc1cc2c(cc1Cl)OCO2. The number of carboxylic acid groups (broad SMARTS) is 1. The molecule has 1 aliphatic rings. The van der Waals surface area contributed by atoms with Gasteiger partial charge in [-0.05, 0) is 47.5 Å². The van der Waals surface area contributed by atoms with E-state index in [0.717, 1.165) is 27.9 Å². The number of aromatic nitrogens is 1. The second-order valence-electron chi connectivity index (χ2n) is 7.98. The number of ether oxygens (including phenoxy) is 2. The molecular weight excluding hydrogens is 511 g/mol. The Labute approximate surface area is 216 Å². The fourth-order valence-electron chi connectivity index (χ4n) is 3.91. The van der Waals surface area contributed by atoms with Crippen molar-refractivity contribution in [2.75, 3.05) is 12.1 Å². The standard InChI is InChI=1S/C26H19Cl3N2O4/c27-20-2-1-3-21(28)19(20)11-30-18-6-4-15(5-7-18)16-8-23(26(32)33)31(12-16)13-17-9-24-25(10-22(17)29)35-14-34-24/h1-10,12,30H,11,13-14H2,(H,32,33). The summed E-state index contributed by atoms with van der Waals surface area (Å²) in [6.07, 6.45) is 1.80. The summed E-state index contributed by atoms with van der Waals surface area (Å²) in [6.45, 7) is 0.891. The molecule has 0 atom stereocenters. The molecule has 0 aliphatic carbocycles. The van der Waals surface area contributed by atoms with Crippen LogP contribution in [0.15, 0.2) is 66.9 Å². The molecule has 35 heavy (non-hydrogen) atoms. The topological polar surface area (TPSA) is 72.7 Å². The molecule has 9 heteroatoms. The van der Waals surface area contributed by atoms with Crippen molar-refractivity contribution in [1.29, 1.82) is 0 Å². The van der Waals surface area contributed by atoms with Gasteiger partial charge in [-0.15, -0.1) is 0 Å². The van der Waals surface area contributed by atoms with Gasteiger partial charge in [-0.2, -0.15) is 0 Å². The largest absolute Gasteiger partial charge is 0.477 e. The second-order valence-corrected chi connectivity index (χ2v) is 9.20. The van der Waals surface area contributed by atoms with E-state index in [4.69, 9.17) is 44.3 Å². The molecule has 0 unspecified atom stereocenters. The number of halogens is 3. The maximum Gasteiger partial charge on any atom is 0.352 e. The first kappa shape index (κ1) is 23.4. The summed E-state index contributed by atoms with van der Waals surface area (Å²) >= 11 is 18.9. The molecular formula is C26H19Cl3N2O4. The van der Waals surface area contributed by atoms with E-state index in [1.54, 1.807) is 47.2 Å². The Morgan fingerprint density at radius 1 is 0.914 bits per heavy atom. The molecule has 0 spiro atoms. The van der Waals surface area contributed by atoms with Gasteiger partial charge in [-0.3, -0.25) is 0 Å². The summed E-state index contributed by atoms with van der Waals surface area (Å²) in [7, 11) is 0. The highest BCUT2D eigenvalue weighted by molar-refractivity contribution is 6.36. The molecule has 0 amide bonds. The Morgan fingerprint density at radius 3 is 2.29 bits per heavy atom. The molecule has 0 bridgehead atoms. The predicted octanol–water partition coefficient (Wildman–Crippen LogP) is 7.20. The first-order valence-corrected chi connectivity index (χ1v) is 11.8. The average molecular weight is 530 g/mol. The number of benzene rings is 3. The normalized spacial score (nSPS) is 12.1. The summed E-state index contributed by atoms with van der Waals surface area (Å²) in [4.78, 5) is 11.9. The molecule has 1 aliphatic heterocycles. The van der Waals surface area contributed by atoms with E-state index in [-0.39, 0.29) is 19.0 Å². The van der Waals surface area contributed by atoms with Crippen LogP contribution in [0.5, 0.6) is 11.5 Å². The van der Waals surface area contributed by atoms with Crippen LogP contribution >= 0.6 is 34.8 Å². The van der Waals surface area contributed by atoms with Gasteiger partial charge in [-0.25, -0.2) is 4.79 Å². The summed E-state index contributed by atoms with van der Waals surface area (Å²) in [6, 6.07) is 18.2. The smallest absolute Gasteiger partial charge is 0.352 e. The summed E-state index contributed by atoms with van der Waals surface area (Å²) in [5.41, 5.74) is 4.26. The van der Waals surface area contributed by atoms with Gasteiger partial charge in [0.25, 0.3) is 0 Å². The number of carbonyl (C=O) groups is 1. The van der Waals surface area contributed by atoms with Crippen molar-refractivity contribution in [3.63, 3.8) is 0 Å². The number of anilines is 1. The van der Waals surface area contributed by atoms with Crippen molar-refractivity contribution in [3.8, 4) is 22.6 Å². The molecule has 1 aromatic heterocycles. The van der Waals surface area contributed by atoms with Gasteiger partial charge >= 0.3 is 5.97 Å². The van der Waals surface area contributed by atoms with Gasteiger partial charge in [0.05, 0.1) is 0 Å². The molecule has 0 saturated heterocycles. The van der Waals surface area contributed by atoms with Crippen molar-refractivity contribution in [3.05, 3.63) is 98.7 Å². The van der Waals surface area contributed by atoms with E-state index in [9.17, 15) is 9.90 Å². The Kier molecular flexibility index (Phi) is 6.52. The minimum atomic E-state index is -1.02. The van der Waals surface area contributed by atoms with Crippen LogP contribution < -0.4 is 14.8 Å². The summed E-state index contributed by atoms with van der Waals surface area (Å²) in [5, 5.41) is 14.8. The first-order chi connectivity index (χ1) is 16.9. The zero-order chi connectivity index (χ0) is 24.5. The second kappa shape index (κ2) is 9.74. The number of fused-ring (bicyclic) bond motifs is 1. The van der Waals surface area contributed by atoms with Gasteiger partial charge in [0.15, 0.2) is 11.5 Å². The van der Waals surface area contributed by atoms with Crippen molar-refractivity contribution >= 4 is 46.5 Å². The van der Waals surface area contributed by atoms with Crippen molar-refractivity contribution < 1.29 is 19.4 Å². The lowest BCUT2D eigenvalue weighted by Gasteiger charge is -2.10. The van der Waals surface area contributed by atoms with Gasteiger partial charge in [0, 0.05) is 57.2 Å². The van der Waals surface area contributed by atoms with Crippen LogP contribution in [-0.2, 0) is 13.1 Å². The van der Waals surface area contributed by atoms with Gasteiger partial charge in [0.2, 0.25) is 6.79 Å². The van der Waals surface area contributed by atoms with Crippen LogP contribution in [0.2, 0.25) is 15.1 Å². The number of nitrogens with one attached hydrogen (secondary N) is 1. The zero-order valence-electron chi connectivity index (χ0n) is 18.2. The lowest BCUT2D eigenvalue weighted by molar-refractivity contribution is 0.0685. The highest BCUT2D eigenvalue weighted by Crippen LogP contribution is 2.37. The van der Waals surface area contributed by atoms with Crippen LogP contribution in [0.25, 0.3) is 11.1 Å². The quantitative estimate of drug-likeness (QED) is 0.265. The molecule has 2 N–H and O–H groups in total. The zero-order valence-corrected chi connectivity index (χ0v) is 20.5. The lowest BCUT2D eigenvalue weighted by atomic mass is 10.1. The van der Waals surface area contributed by atoms with Gasteiger partial charge in [0.1, 0.15) is 5.69 Å². The van der Waals surface area contributed by atoms with E-state index in [0.29, 0.717) is 33.1 Å². The Morgan fingerprint density at radius 2 is 1.60 bits per heavy atom. The summed E-state index contributed by atoms with van der Waals surface area (Å²) in [5.74, 6) is 0.147. The summed E-state index contributed by atoms with van der Waals surface area (Å²) < 4.78 is 12.4. The van der Waals surface area contributed by atoms with Crippen LogP contribution in [-0.4, -0.2) is 22.4 Å². The molecule has 3 aromatic carbocycles. The highest BCUT2D eigenvalue weighted by atomic mass is 35.5. The average Bonchev–Trinajstić information content (AvgIpc) is 3.46. The van der Waals surface area contributed by atoms with Gasteiger partial charge < -0.3 is 24.5 Å². The molecule has 0 fully saturated rings. The number of rotatable bonds is 7. The Bertz CT molecular complexity index is 1400. The number of hydrogen-bond acceptors (Lipinski definition) is 4. The van der Waals surface area contributed by atoms with E-state index in [1.807, 2.05) is 24.3 Å². The molecule has 0 saturated carbocycles. The molecule has 0 radical (unpaired) electrons. The highest BCUT2D eigenvalue weighted by Gasteiger charge is 2.19. The minimum absolute atomic E-state index is 0.138. The van der Waals surface area contributed by atoms with Crippen LogP contribution in [0, 0.1) is 0 Å². The fraction of sp³-hybridized carbons (Fsp3) is 0.115. The maximum atomic E-state index is 11.9. The fourth-order valence-corrected chi connectivity index (χ4v) is 4.66. The van der Waals surface area contributed by atoms with E-state index < -0.39 is 5.97 Å². The Balaban J connectivity index is 1.36. The van der Waals surface area contributed by atoms with Crippen molar-refractivity contribution in [2.24, 2.45) is 0 Å². The third-order valence-electron chi connectivity index (χ3n) is 5.75. The van der Waals surface area contributed by atoms with Crippen LogP contribution in [0.4, 0.5) is 5.69 Å².